The number of carbonyl (C=O) groups excluding carboxylic acids is 2. The van der Waals surface area contributed by atoms with Crippen molar-refractivity contribution < 1.29 is 23.3 Å². The number of rotatable bonds is 4. The molecule has 2 saturated heterocycles. The van der Waals surface area contributed by atoms with E-state index >= 15 is 0 Å². The van der Waals surface area contributed by atoms with E-state index in [-0.39, 0.29) is 28.5 Å². The molecule has 0 atom stereocenters. The van der Waals surface area contributed by atoms with Crippen molar-refractivity contribution in [3.8, 4) is 5.69 Å². The third-order valence-corrected chi connectivity index (χ3v) is 7.83. The molecule has 0 radical (unpaired) electrons. The summed E-state index contributed by atoms with van der Waals surface area (Å²) >= 11 is 0. The van der Waals surface area contributed by atoms with E-state index in [2.05, 4.69) is 0 Å². The van der Waals surface area contributed by atoms with Crippen molar-refractivity contribution in [2.45, 2.75) is 37.6 Å². The molecule has 3 aromatic rings. The van der Waals surface area contributed by atoms with Crippen molar-refractivity contribution in [1.29, 1.82) is 0 Å². The second-order valence-corrected chi connectivity index (χ2v) is 9.76. The van der Waals surface area contributed by atoms with Gasteiger partial charge in [0.1, 0.15) is 11.6 Å². The van der Waals surface area contributed by atoms with Crippen LogP contribution in [-0.4, -0.2) is 53.0 Å². The predicted octanol–water partition coefficient (Wildman–Crippen LogP) is 1.80. The summed E-state index contributed by atoms with van der Waals surface area (Å²) < 4.78 is 29.2. The Morgan fingerprint density at radius 1 is 0.944 bits per heavy atom. The van der Waals surface area contributed by atoms with Gasteiger partial charge >= 0.3 is 0 Å². The van der Waals surface area contributed by atoms with E-state index in [0.717, 1.165) is 43.0 Å². The minimum atomic E-state index is -0.903. The number of quaternary nitrogens is 1. The first-order chi connectivity index (χ1) is 17.3. The molecule has 2 fully saturated rings. The lowest BCUT2D eigenvalue weighted by atomic mass is 9.83. The lowest BCUT2D eigenvalue weighted by Crippen LogP contribution is -3.22. The van der Waals surface area contributed by atoms with Crippen molar-refractivity contribution in [3.63, 3.8) is 0 Å². The Labute approximate surface area is 207 Å². The first-order valence-corrected chi connectivity index (χ1v) is 12.4. The highest BCUT2D eigenvalue weighted by atomic mass is 19.1. The van der Waals surface area contributed by atoms with Gasteiger partial charge in [-0.3, -0.25) is 19.0 Å². The number of carbonyl (C=O) groups is 2. The second kappa shape index (κ2) is 9.46. The number of aromatic nitrogens is 1. The summed E-state index contributed by atoms with van der Waals surface area (Å²) in [5.74, 6) is -2.30. The van der Waals surface area contributed by atoms with Crippen LogP contribution in [0.2, 0.25) is 0 Å². The second-order valence-electron chi connectivity index (χ2n) is 9.76. The fourth-order valence-electron chi connectivity index (χ4n) is 5.81. The first-order valence-electron chi connectivity index (χ1n) is 12.4. The molecule has 9 heteroatoms. The number of halogens is 2. The molecular formula is C27H29F2N4O3+. The zero-order chi connectivity index (χ0) is 25.4. The molecule has 0 unspecified atom stereocenters. The monoisotopic (exact) mass is 495 g/mol. The Hall–Kier alpha value is -3.59. The van der Waals surface area contributed by atoms with Gasteiger partial charge in [-0.1, -0.05) is 18.2 Å². The van der Waals surface area contributed by atoms with Gasteiger partial charge in [0.2, 0.25) is 0 Å². The van der Waals surface area contributed by atoms with E-state index in [1.165, 1.54) is 17.2 Å². The van der Waals surface area contributed by atoms with Crippen molar-refractivity contribution in [2.24, 2.45) is 5.73 Å². The number of primary amides is 1. The van der Waals surface area contributed by atoms with Crippen LogP contribution in [0.15, 0.2) is 53.5 Å². The Morgan fingerprint density at radius 2 is 1.61 bits per heavy atom. The number of piperidine rings is 2. The fraction of sp³-hybridized carbons (Fsp3) is 0.370. The maximum Gasteiger partial charge on any atom is 0.278 e. The minimum absolute atomic E-state index is 0.138. The van der Waals surface area contributed by atoms with E-state index in [0.29, 0.717) is 37.4 Å². The molecular weight excluding hydrogens is 466 g/mol. The molecule has 3 heterocycles. The third-order valence-electron chi connectivity index (χ3n) is 7.83. The summed E-state index contributed by atoms with van der Waals surface area (Å²) in [5.41, 5.74) is 4.81. The number of amides is 2. The van der Waals surface area contributed by atoms with Gasteiger partial charge in [0.25, 0.3) is 17.4 Å². The Morgan fingerprint density at radius 3 is 2.25 bits per heavy atom. The topological polar surface area (TPSA) is 89.8 Å². The summed E-state index contributed by atoms with van der Waals surface area (Å²) in [6, 6.07) is 9.63. The van der Waals surface area contributed by atoms with Crippen molar-refractivity contribution in [3.05, 3.63) is 76.2 Å². The first kappa shape index (κ1) is 24.1. The van der Waals surface area contributed by atoms with E-state index in [9.17, 15) is 23.2 Å². The number of nitrogens with zero attached hydrogens (tertiary/aromatic N) is 2. The molecule has 5 rings (SSSR count). The molecule has 0 aliphatic carbocycles. The fourth-order valence-corrected chi connectivity index (χ4v) is 5.81. The number of likely N-dealkylation sites (tertiary alicyclic amines) is 2. The summed E-state index contributed by atoms with van der Waals surface area (Å²) in [4.78, 5) is 42.4. The van der Waals surface area contributed by atoms with E-state index in [4.69, 9.17) is 5.73 Å². The molecule has 0 spiro atoms. The quantitative estimate of drug-likeness (QED) is 0.579. The highest BCUT2D eigenvalue weighted by molar-refractivity contribution is 6.06. The van der Waals surface area contributed by atoms with E-state index in [1.54, 1.807) is 29.2 Å². The van der Waals surface area contributed by atoms with Gasteiger partial charge in [0.05, 0.1) is 24.3 Å². The maximum atomic E-state index is 14.6. The van der Waals surface area contributed by atoms with Crippen molar-refractivity contribution in [2.75, 3.05) is 26.2 Å². The molecule has 2 aliphatic rings. The molecule has 2 aromatic carbocycles. The zero-order valence-electron chi connectivity index (χ0n) is 19.9. The normalized spacial score (nSPS) is 18.3. The van der Waals surface area contributed by atoms with Crippen LogP contribution in [-0.2, 0) is 4.79 Å². The molecule has 2 aliphatic heterocycles. The van der Waals surface area contributed by atoms with Gasteiger partial charge in [-0.25, -0.2) is 8.78 Å². The van der Waals surface area contributed by atoms with Crippen LogP contribution in [0.25, 0.3) is 16.5 Å². The molecule has 2 amide bonds. The number of nitrogens with two attached hydrogens (primary N) is 1. The number of fused-ring (bicyclic) bond motifs is 1. The summed E-state index contributed by atoms with van der Waals surface area (Å²) in [6.07, 6.45) is 5.53. The average Bonchev–Trinajstić information content (AvgIpc) is 2.89. The number of hydrogen-bond acceptors (Lipinski definition) is 3. The Kier molecular flexibility index (Phi) is 6.34. The number of hydrogen-bond donors (Lipinski definition) is 2. The molecule has 7 nitrogen and oxygen atoms in total. The van der Waals surface area contributed by atoms with Crippen LogP contribution >= 0.6 is 0 Å². The van der Waals surface area contributed by atoms with Crippen LogP contribution < -0.4 is 16.2 Å². The Balaban J connectivity index is 1.51. The minimum Gasteiger partial charge on any atom is -0.364 e. The molecule has 1 aromatic heterocycles. The smallest absolute Gasteiger partial charge is 0.278 e. The van der Waals surface area contributed by atoms with Crippen molar-refractivity contribution in [1.82, 2.24) is 9.47 Å². The highest BCUT2D eigenvalue weighted by Crippen LogP contribution is 2.25. The number of nitrogens with one attached hydrogen (secondary N) is 1. The van der Waals surface area contributed by atoms with E-state index < -0.39 is 22.7 Å². The standard InChI is InChI=1S/C27H28F2N4O3/c28-18-8-9-23(22(29)16-18)33-17-21(19-6-2-3-7-20(19)25(33)35)24(34)31-14-10-27(11-15-31,26(30)36)32-12-4-1-5-13-32/h2-3,6-9,16-17H,1,4-5,10-15H2,(H2,30,36)/p+1. The van der Waals surface area contributed by atoms with Gasteiger partial charge in [0, 0.05) is 49.0 Å². The summed E-state index contributed by atoms with van der Waals surface area (Å²) in [7, 11) is 0. The van der Waals surface area contributed by atoms with Gasteiger partial charge in [-0.05, 0) is 37.5 Å². The van der Waals surface area contributed by atoms with Gasteiger partial charge in [-0.2, -0.15) is 0 Å². The molecule has 0 saturated carbocycles. The average molecular weight is 496 g/mol. The highest BCUT2D eigenvalue weighted by Gasteiger charge is 2.49. The third kappa shape index (κ3) is 4.07. The predicted molar refractivity (Wildman–Crippen MR) is 131 cm³/mol. The summed E-state index contributed by atoms with van der Waals surface area (Å²) in [6.45, 7) is 2.50. The van der Waals surface area contributed by atoms with Crippen LogP contribution in [0.3, 0.4) is 0 Å². The molecule has 188 valence electrons. The van der Waals surface area contributed by atoms with Gasteiger partial charge in [0.15, 0.2) is 5.54 Å². The SMILES string of the molecule is NC(=O)C1([NH+]2CCCCC2)CCN(C(=O)c2cn(-c3ccc(F)cc3F)c(=O)c3ccccc23)CC1. The zero-order valence-corrected chi connectivity index (χ0v) is 19.9. The maximum absolute atomic E-state index is 14.6. The van der Waals surface area contributed by atoms with Crippen LogP contribution in [0, 0.1) is 11.6 Å². The molecule has 0 bridgehead atoms. The van der Waals surface area contributed by atoms with Crippen LogP contribution in [0.1, 0.15) is 42.5 Å². The van der Waals surface area contributed by atoms with E-state index in [1.807, 2.05) is 0 Å². The number of pyridine rings is 1. The lowest BCUT2D eigenvalue weighted by molar-refractivity contribution is -0.948. The van der Waals surface area contributed by atoms with Gasteiger partial charge < -0.3 is 15.5 Å². The Bertz CT molecular complexity index is 1390. The lowest BCUT2D eigenvalue weighted by Gasteiger charge is -2.45. The largest absolute Gasteiger partial charge is 0.364 e. The molecule has 36 heavy (non-hydrogen) atoms. The van der Waals surface area contributed by atoms with Crippen LogP contribution in [0.4, 0.5) is 8.78 Å². The molecule has 3 N–H and O–H groups in total. The van der Waals surface area contributed by atoms with Crippen LogP contribution in [0.5, 0.6) is 0 Å². The van der Waals surface area contributed by atoms with Crippen molar-refractivity contribution >= 4 is 22.6 Å². The number of benzene rings is 2. The summed E-state index contributed by atoms with van der Waals surface area (Å²) in [5, 5.41) is 0.716. The van der Waals surface area contributed by atoms with Gasteiger partial charge in [-0.15, -0.1) is 0 Å².